The zero-order valence-corrected chi connectivity index (χ0v) is 12.1. The van der Waals surface area contributed by atoms with Crippen LogP contribution in [0.5, 0.6) is 5.75 Å². The van der Waals surface area contributed by atoms with Gasteiger partial charge >= 0.3 is 0 Å². The van der Waals surface area contributed by atoms with E-state index in [1.54, 1.807) is 7.11 Å². The van der Waals surface area contributed by atoms with E-state index in [0.717, 1.165) is 10.2 Å². The fourth-order valence-electron chi connectivity index (χ4n) is 2.31. The summed E-state index contributed by atoms with van der Waals surface area (Å²) in [5, 5.41) is 3.33. The zero-order chi connectivity index (χ0) is 13.0. The molecule has 2 rings (SSSR count). The van der Waals surface area contributed by atoms with Crippen molar-refractivity contribution in [3.63, 3.8) is 0 Å². The first-order chi connectivity index (χ1) is 8.70. The number of Topliss-reactive ketones (excluding diaryl/α,β-unsaturated/α-hetero) is 1. The highest BCUT2D eigenvalue weighted by atomic mass is 79.9. The molecule has 0 radical (unpaired) electrons. The molecule has 1 aliphatic rings. The van der Waals surface area contributed by atoms with Crippen LogP contribution >= 0.6 is 15.9 Å². The Hall–Kier alpha value is -0.870. The van der Waals surface area contributed by atoms with E-state index in [0.29, 0.717) is 18.2 Å². The van der Waals surface area contributed by atoms with Gasteiger partial charge in [0.05, 0.1) is 18.1 Å². The molecule has 18 heavy (non-hydrogen) atoms. The topological polar surface area (TPSA) is 38.3 Å². The molecule has 0 spiro atoms. The van der Waals surface area contributed by atoms with Crippen molar-refractivity contribution in [1.29, 1.82) is 0 Å². The summed E-state index contributed by atoms with van der Waals surface area (Å²) in [6.45, 7) is 0.420. The Morgan fingerprint density at radius 1 is 1.44 bits per heavy atom. The van der Waals surface area contributed by atoms with Crippen LogP contribution in [-0.4, -0.2) is 25.5 Å². The van der Waals surface area contributed by atoms with E-state index in [-0.39, 0.29) is 5.78 Å². The second kappa shape index (κ2) is 6.34. The van der Waals surface area contributed by atoms with E-state index in [1.165, 1.54) is 25.7 Å². The monoisotopic (exact) mass is 311 g/mol. The van der Waals surface area contributed by atoms with E-state index >= 15 is 0 Å². The van der Waals surface area contributed by atoms with E-state index < -0.39 is 0 Å². The van der Waals surface area contributed by atoms with Gasteiger partial charge in [-0.1, -0.05) is 12.8 Å². The van der Waals surface area contributed by atoms with Gasteiger partial charge in [0.15, 0.2) is 5.78 Å². The first-order valence-corrected chi connectivity index (χ1v) is 7.10. The molecule has 0 heterocycles. The van der Waals surface area contributed by atoms with Gasteiger partial charge in [-0.2, -0.15) is 0 Å². The van der Waals surface area contributed by atoms with Crippen LogP contribution in [0.15, 0.2) is 22.7 Å². The zero-order valence-electron chi connectivity index (χ0n) is 10.5. The SMILES string of the molecule is COc1ccc(C(=O)CNC2CCCC2)cc1Br. The third-order valence-corrected chi connectivity index (χ3v) is 4.00. The number of ether oxygens (including phenoxy) is 1. The van der Waals surface area contributed by atoms with E-state index in [2.05, 4.69) is 21.2 Å². The highest BCUT2D eigenvalue weighted by Crippen LogP contribution is 2.25. The van der Waals surface area contributed by atoms with Gasteiger partial charge in [0.25, 0.3) is 0 Å². The molecule has 1 N–H and O–H groups in total. The van der Waals surface area contributed by atoms with Crippen molar-refractivity contribution < 1.29 is 9.53 Å². The van der Waals surface area contributed by atoms with Crippen LogP contribution in [0.2, 0.25) is 0 Å². The molecule has 1 fully saturated rings. The lowest BCUT2D eigenvalue weighted by Gasteiger charge is -2.11. The van der Waals surface area contributed by atoms with Gasteiger partial charge in [0.1, 0.15) is 5.75 Å². The molecule has 0 aliphatic heterocycles. The van der Waals surface area contributed by atoms with Gasteiger partial charge in [0.2, 0.25) is 0 Å². The number of benzene rings is 1. The minimum Gasteiger partial charge on any atom is -0.496 e. The summed E-state index contributed by atoms with van der Waals surface area (Å²) in [4.78, 5) is 12.0. The molecule has 0 amide bonds. The average Bonchev–Trinajstić information content (AvgIpc) is 2.89. The van der Waals surface area contributed by atoms with Crippen LogP contribution < -0.4 is 10.1 Å². The number of rotatable bonds is 5. The standard InChI is InChI=1S/C14H18BrNO2/c1-18-14-7-6-10(8-12(14)15)13(17)9-16-11-4-2-3-5-11/h6-8,11,16H,2-5,9H2,1H3. The fraction of sp³-hybridized carbons (Fsp3) is 0.500. The molecule has 1 aromatic carbocycles. The quantitative estimate of drug-likeness (QED) is 0.849. The highest BCUT2D eigenvalue weighted by molar-refractivity contribution is 9.10. The molecular formula is C14H18BrNO2. The predicted molar refractivity (Wildman–Crippen MR) is 75.3 cm³/mol. The van der Waals surface area contributed by atoms with Crippen LogP contribution in [0, 0.1) is 0 Å². The number of ketones is 1. The summed E-state index contributed by atoms with van der Waals surface area (Å²) in [5.74, 6) is 0.876. The second-order valence-electron chi connectivity index (χ2n) is 4.63. The molecule has 98 valence electrons. The second-order valence-corrected chi connectivity index (χ2v) is 5.49. The Kier molecular flexibility index (Phi) is 4.78. The van der Waals surface area contributed by atoms with Gasteiger partial charge in [-0.3, -0.25) is 4.79 Å². The first kappa shape index (κ1) is 13.6. The van der Waals surface area contributed by atoms with Crippen molar-refractivity contribution in [1.82, 2.24) is 5.32 Å². The van der Waals surface area contributed by atoms with Crippen molar-refractivity contribution in [2.24, 2.45) is 0 Å². The normalized spacial score (nSPS) is 15.9. The number of carbonyl (C=O) groups excluding carboxylic acids is 1. The lowest BCUT2D eigenvalue weighted by atomic mass is 10.1. The van der Waals surface area contributed by atoms with Crippen LogP contribution in [-0.2, 0) is 0 Å². The number of methoxy groups -OCH3 is 1. The van der Waals surface area contributed by atoms with Gasteiger partial charge in [0, 0.05) is 11.6 Å². The Morgan fingerprint density at radius 3 is 2.78 bits per heavy atom. The smallest absolute Gasteiger partial charge is 0.176 e. The Balaban J connectivity index is 1.93. The third kappa shape index (κ3) is 3.33. The summed E-state index contributed by atoms with van der Waals surface area (Å²) in [5.41, 5.74) is 0.716. The van der Waals surface area contributed by atoms with Crippen molar-refractivity contribution in [2.45, 2.75) is 31.7 Å². The fourth-order valence-corrected chi connectivity index (χ4v) is 2.85. The molecule has 1 aliphatic carbocycles. The van der Waals surface area contributed by atoms with Gasteiger partial charge in [-0.25, -0.2) is 0 Å². The Morgan fingerprint density at radius 2 is 2.17 bits per heavy atom. The number of halogens is 1. The van der Waals surface area contributed by atoms with E-state index in [9.17, 15) is 4.79 Å². The molecule has 3 nitrogen and oxygen atoms in total. The first-order valence-electron chi connectivity index (χ1n) is 6.31. The van der Waals surface area contributed by atoms with Crippen LogP contribution in [0.3, 0.4) is 0 Å². The summed E-state index contributed by atoms with van der Waals surface area (Å²) >= 11 is 3.40. The Bertz CT molecular complexity index is 428. The minimum absolute atomic E-state index is 0.130. The molecule has 0 unspecified atom stereocenters. The lowest BCUT2D eigenvalue weighted by Crippen LogP contribution is -2.31. The molecule has 4 heteroatoms. The molecular weight excluding hydrogens is 294 g/mol. The van der Waals surface area contributed by atoms with E-state index in [1.807, 2.05) is 18.2 Å². The summed E-state index contributed by atoms with van der Waals surface area (Å²) in [7, 11) is 1.61. The number of carbonyl (C=O) groups is 1. The Labute approximate surface area is 116 Å². The summed E-state index contributed by atoms with van der Waals surface area (Å²) < 4.78 is 5.96. The maximum Gasteiger partial charge on any atom is 0.176 e. The van der Waals surface area contributed by atoms with Gasteiger partial charge < -0.3 is 10.1 Å². The van der Waals surface area contributed by atoms with Gasteiger partial charge in [-0.15, -0.1) is 0 Å². The third-order valence-electron chi connectivity index (χ3n) is 3.38. The summed E-state index contributed by atoms with van der Waals surface area (Å²) in [6, 6.07) is 5.96. The summed E-state index contributed by atoms with van der Waals surface area (Å²) in [6.07, 6.45) is 4.94. The molecule has 1 aromatic rings. The largest absolute Gasteiger partial charge is 0.496 e. The molecule has 1 saturated carbocycles. The predicted octanol–water partition coefficient (Wildman–Crippen LogP) is 3.17. The van der Waals surface area contributed by atoms with Crippen molar-refractivity contribution in [3.8, 4) is 5.75 Å². The maximum absolute atomic E-state index is 12.0. The highest BCUT2D eigenvalue weighted by Gasteiger charge is 2.16. The minimum atomic E-state index is 0.130. The van der Waals surface area contributed by atoms with Crippen LogP contribution in [0.1, 0.15) is 36.0 Å². The number of hydrogen-bond acceptors (Lipinski definition) is 3. The number of nitrogens with one attached hydrogen (secondary N) is 1. The molecule has 0 bridgehead atoms. The van der Waals surface area contributed by atoms with Crippen molar-refractivity contribution in [3.05, 3.63) is 28.2 Å². The number of hydrogen-bond donors (Lipinski definition) is 1. The van der Waals surface area contributed by atoms with Crippen LogP contribution in [0.25, 0.3) is 0 Å². The van der Waals surface area contributed by atoms with Crippen LogP contribution in [0.4, 0.5) is 0 Å². The van der Waals surface area contributed by atoms with Crippen molar-refractivity contribution in [2.75, 3.05) is 13.7 Å². The van der Waals surface area contributed by atoms with Crippen molar-refractivity contribution >= 4 is 21.7 Å². The maximum atomic E-state index is 12.0. The average molecular weight is 312 g/mol. The molecule has 0 saturated heterocycles. The lowest BCUT2D eigenvalue weighted by molar-refractivity contribution is 0.0987. The van der Waals surface area contributed by atoms with E-state index in [4.69, 9.17) is 4.74 Å². The van der Waals surface area contributed by atoms with Gasteiger partial charge in [-0.05, 0) is 47.0 Å². The molecule has 0 atom stereocenters. The molecule has 0 aromatic heterocycles.